The van der Waals surface area contributed by atoms with Crippen LogP contribution in [0.2, 0.25) is 0 Å². The number of rotatable bonds is 8. The molecule has 1 saturated heterocycles. The van der Waals surface area contributed by atoms with Crippen LogP contribution in [0.3, 0.4) is 0 Å². The van der Waals surface area contributed by atoms with E-state index in [1.165, 1.54) is 21.3 Å². The van der Waals surface area contributed by atoms with E-state index in [1.807, 2.05) is 6.07 Å². The normalized spacial score (nSPS) is 15.5. The van der Waals surface area contributed by atoms with Crippen molar-refractivity contribution in [2.75, 3.05) is 48.6 Å². The molecular weight excluding hydrogens is 454 g/mol. The molecule has 0 aliphatic carbocycles. The van der Waals surface area contributed by atoms with Crippen molar-refractivity contribution in [2.45, 2.75) is 18.8 Å². The van der Waals surface area contributed by atoms with Crippen LogP contribution in [0.1, 0.15) is 35.0 Å². The Bertz CT molecular complexity index is 1170. The van der Waals surface area contributed by atoms with Crippen molar-refractivity contribution in [2.24, 2.45) is 0 Å². The van der Waals surface area contributed by atoms with Crippen molar-refractivity contribution in [3.05, 3.63) is 41.8 Å². The molecule has 1 amide bonds. The third-order valence-corrected chi connectivity index (χ3v) is 6.05. The van der Waals surface area contributed by atoms with Crippen LogP contribution in [0.5, 0.6) is 28.7 Å². The first-order valence-electron chi connectivity index (χ1n) is 11.2. The molecule has 1 atom stereocenters. The zero-order valence-electron chi connectivity index (χ0n) is 20.5. The summed E-state index contributed by atoms with van der Waals surface area (Å²) < 4.78 is 32.4. The molecule has 4 rings (SSSR count). The van der Waals surface area contributed by atoms with E-state index in [4.69, 9.17) is 28.2 Å². The van der Waals surface area contributed by atoms with Crippen molar-refractivity contribution < 1.29 is 33.0 Å². The summed E-state index contributed by atoms with van der Waals surface area (Å²) in [5.74, 6) is 3.25. The Hall–Kier alpha value is -3.95. The zero-order chi connectivity index (χ0) is 24.9. The first kappa shape index (κ1) is 24.2. The average Bonchev–Trinajstić information content (AvgIpc) is 3.41. The molecule has 1 unspecified atom stereocenters. The molecule has 0 saturated carbocycles. The molecule has 1 fully saturated rings. The van der Waals surface area contributed by atoms with Crippen molar-refractivity contribution in [3.63, 3.8) is 0 Å². The van der Waals surface area contributed by atoms with E-state index in [0.717, 1.165) is 18.4 Å². The van der Waals surface area contributed by atoms with E-state index in [9.17, 15) is 4.79 Å². The number of methoxy groups -OCH3 is 5. The molecule has 186 valence electrons. The van der Waals surface area contributed by atoms with Gasteiger partial charge < -0.3 is 33.1 Å². The highest BCUT2D eigenvalue weighted by atomic mass is 16.5. The van der Waals surface area contributed by atoms with Crippen LogP contribution < -0.4 is 23.7 Å². The molecule has 2 aromatic carbocycles. The Morgan fingerprint density at radius 1 is 0.914 bits per heavy atom. The second-order valence-electron chi connectivity index (χ2n) is 8.03. The number of piperidine rings is 1. The highest BCUT2D eigenvalue weighted by Crippen LogP contribution is 2.39. The second kappa shape index (κ2) is 10.5. The maximum absolute atomic E-state index is 13.4. The van der Waals surface area contributed by atoms with Gasteiger partial charge in [-0.25, -0.2) is 0 Å². The molecule has 35 heavy (non-hydrogen) atoms. The molecule has 1 aliphatic rings. The van der Waals surface area contributed by atoms with Gasteiger partial charge in [-0.1, -0.05) is 5.16 Å². The molecular formula is C25H29N3O7. The van der Waals surface area contributed by atoms with E-state index in [0.29, 0.717) is 59.1 Å². The summed E-state index contributed by atoms with van der Waals surface area (Å²) in [6, 6.07) is 8.76. The summed E-state index contributed by atoms with van der Waals surface area (Å²) in [5.41, 5.74) is 1.20. The molecule has 0 spiro atoms. The molecule has 1 aromatic heterocycles. The smallest absolute Gasteiger partial charge is 0.254 e. The number of nitrogens with zero attached hydrogens (tertiary/aromatic N) is 3. The monoisotopic (exact) mass is 483 g/mol. The molecule has 0 N–H and O–H groups in total. The largest absolute Gasteiger partial charge is 0.493 e. The number of ether oxygens (including phenoxy) is 5. The quantitative estimate of drug-likeness (QED) is 0.473. The number of aromatic nitrogens is 2. The molecule has 10 nitrogen and oxygen atoms in total. The fourth-order valence-electron chi connectivity index (χ4n) is 4.24. The number of carbonyl (C=O) groups is 1. The van der Waals surface area contributed by atoms with Crippen LogP contribution in [-0.2, 0) is 0 Å². The third-order valence-electron chi connectivity index (χ3n) is 6.05. The van der Waals surface area contributed by atoms with Crippen molar-refractivity contribution in [3.8, 4) is 40.1 Å². The minimum atomic E-state index is -0.131. The van der Waals surface area contributed by atoms with Gasteiger partial charge in [-0.15, -0.1) is 0 Å². The Morgan fingerprint density at radius 3 is 2.23 bits per heavy atom. The maximum Gasteiger partial charge on any atom is 0.254 e. The van der Waals surface area contributed by atoms with Crippen LogP contribution in [0.15, 0.2) is 34.9 Å². The number of carbonyl (C=O) groups excluding carboxylic acids is 1. The molecule has 10 heteroatoms. The zero-order valence-corrected chi connectivity index (χ0v) is 20.5. The number of hydrogen-bond donors (Lipinski definition) is 0. The topological polar surface area (TPSA) is 105 Å². The predicted molar refractivity (Wildman–Crippen MR) is 127 cm³/mol. The Balaban J connectivity index is 1.53. The first-order valence-corrected chi connectivity index (χ1v) is 11.2. The summed E-state index contributed by atoms with van der Waals surface area (Å²) in [4.78, 5) is 19.7. The summed E-state index contributed by atoms with van der Waals surface area (Å²) in [6.45, 7) is 1.09. The van der Waals surface area contributed by atoms with Gasteiger partial charge in [-0.3, -0.25) is 4.79 Å². The predicted octanol–water partition coefficient (Wildman–Crippen LogP) is 3.80. The van der Waals surface area contributed by atoms with Gasteiger partial charge in [0.15, 0.2) is 23.0 Å². The number of hydrogen-bond acceptors (Lipinski definition) is 9. The third kappa shape index (κ3) is 4.82. The lowest BCUT2D eigenvalue weighted by atomic mass is 9.97. The van der Waals surface area contributed by atoms with Crippen LogP contribution in [0.25, 0.3) is 11.4 Å². The van der Waals surface area contributed by atoms with Crippen molar-refractivity contribution in [1.29, 1.82) is 0 Å². The number of likely N-dealkylation sites (tertiary alicyclic amines) is 1. The van der Waals surface area contributed by atoms with E-state index >= 15 is 0 Å². The van der Waals surface area contributed by atoms with E-state index < -0.39 is 0 Å². The molecule has 3 aromatic rings. The van der Waals surface area contributed by atoms with Gasteiger partial charge in [0.25, 0.3) is 5.91 Å². The average molecular weight is 484 g/mol. The van der Waals surface area contributed by atoms with Crippen LogP contribution in [0.4, 0.5) is 0 Å². The van der Waals surface area contributed by atoms with Gasteiger partial charge in [0.2, 0.25) is 17.5 Å². The SMILES string of the molecule is COc1ccc(-c2noc(C3CCCN(C(=O)c4cc(OC)c(OC)c(OC)c4)C3)n2)cc1OC. The van der Waals surface area contributed by atoms with Crippen LogP contribution in [0, 0.1) is 0 Å². The van der Waals surface area contributed by atoms with Gasteiger partial charge in [0.1, 0.15) is 0 Å². The van der Waals surface area contributed by atoms with Gasteiger partial charge >= 0.3 is 0 Å². The van der Waals surface area contributed by atoms with E-state index in [1.54, 1.807) is 43.4 Å². The lowest BCUT2D eigenvalue weighted by Crippen LogP contribution is -2.39. The second-order valence-corrected chi connectivity index (χ2v) is 8.03. The first-order chi connectivity index (χ1) is 17.0. The fraction of sp³-hybridized carbons (Fsp3) is 0.400. The summed E-state index contributed by atoms with van der Waals surface area (Å²) >= 11 is 0. The Morgan fingerprint density at radius 2 is 1.60 bits per heavy atom. The van der Waals surface area contributed by atoms with Gasteiger partial charge in [0.05, 0.1) is 41.5 Å². The van der Waals surface area contributed by atoms with Crippen molar-refractivity contribution in [1.82, 2.24) is 15.0 Å². The molecule has 2 heterocycles. The summed E-state index contributed by atoms with van der Waals surface area (Å²) in [6.07, 6.45) is 1.65. The highest BCUT2D eigenvalue weighted by molar-refractivity contribution is 5.95. The fourth-order valence-corrected chi connectivity index (χ4v) is 4.24. The number of benzene rings is 2. The number of amides is 1. The maximum atomic E-state index is 13.4. The molecule has 0 radical (unpaired) electrons. The lowest BCUT2D eigenvalue weighted by molar-refractivity contribution is 0.0694. The van der Waals surface area contributed by atoms with Gasteiger partial charge in [0, 0.05) is 24.2 Å². The lowest BCUT2D eigenvalue weighted by Gasteiger charge is -2.31. The van der Waals surface area contributed by atoms with Gasteiger partial charge in [-0.05, 0) is 43.2 Å². The minimum absolute atomic E-state index is 0.0730. The molecule has 1 aliphatic heterocycles. The summed E-state index contributed by atoms with van der Waals surface area (Å²) in [7, 11) is 7.73. The standard InChI is InChI=1S/C25H29N3O7/c1-30-18-9-8-15(11-19(18)31-2)23-26-24(35-27-23)16-7-6-10-28(14-16)25(29)17-12-20(32-3)22(34-5)21(13-17)33-4/h8-9,11-13,16H,6-7,10,14H2,1-5H3. The summed E-state index contributed by atoms with van der Waals surface area (Å²) in [5, 5.41) is 4.15. The minimum Gasteiger partial charge on any atom is -0.493 e. The van der Waals surface area contributed by atoms with Crippen molar-refractivity contribution >= 4 is 5.91 Å². The highest BCUT2D eigenvalue weighted by Gasteiger charge is 2.30. The van der Waals surface area contributed by atoms with Crippen LogP contribution >= 0.6 is 0 Å². The molecule has 0 bridgehead atoms. The Labute approximate surface area is 203 Å². The van der Waals surface area contributed by atoms with E-state index in [2.05, 4.69) is 10.1 Å². The Kier molecular flexibility index (Phi) is 7.28. The van der Waals surface area contributed by atoms with Gasteiger partial charge in [-0.2, -0.15) is 4.98 Å². The van der Waals surface area contributed by atoms with Crippen LogP contribution in [-0.4, -0.2) is 69.6 Å². The van der Waals surface area contributed by atoms with E-state index in [-0.39, 0.29) is 11.8 Å².